The van der Waals surface area contributed by atoms with Crippen molar-refractivity contribution < 1.29 is 24.3 Å². The summed E-state index contributed by atoms with van der Waals surface area (Å²) in [5.74, 6) is -2.63. The van der Waals surface area contributed by atoms with Crippen LogP contribution in [-0.4, -0.2) is 51.9 Å². The minimum Gasteiger partial charge on any atom is -0.480 e. The maximum absolute atomic E-state index is 12.1. The highest BCUT2D eigenvalue weighted by Gasteiger charge is 2.47. The third-order valence-electron chi connectivity index (χ3n) is 3.60. The maximum Gasteiger partial charge on any atom is 0.326 e. The molecule has 8 nitrogen and oxygen atoms in total. The van der Waals surface area contributed by atoms with Crippen LogP contribution in [0.15, 0.2) is 0 Å². The normalized spacial score (nSPS) is 23.2. The number of carbonyl (C=O) groups is 4. The lowest BCUT2D eigenvalue weighted by Crippen LogP contribution is -2.49. The first-order valence-corrected chi connectivity index (χ1v) is 6.78. The van der Waals surface area contributed by atoms with Crippen molar-refractivity contribution in [2.24, 2.45) is 5.92 Å². The fourth-order valence-electron chi connectivity index (χ4n) is 2.01. The molecule has 3 N–H and O–H groups in total. The monoisotopic (exact) mass is 299 g/mol. The van der Waals surface area contributed by atoms with Crippen LogP contribution in [0.2, 0.25) is 0 Å². The summed E-state index contributed by atoms with van der Waals surface area (Å²) in [6, 6.07) is -1.70. The molecule has 1 aliphatic rings. The molecular weight excluding hydrogens is 278 g/mol. The summed E-state index contributed by atoms with van der Waals surface area (Å²) in [6.07, 6.45) is 0.402. The van der Waals surface area contributed by atoms with Gasteiger partial charge in [0.05, 0.1) is 0 Å². The number of nitrogens with one attached hydrogen (secondary N) is 2. The molecule has 0 aromatic heterocycles. The molecule has 1 aliphatic heterocycles. The third kappa shape index (κ3) is 3.50. The van der Waals surface area contributed by atoms with Crippen molar-refractivity contribution in [3.05, 3.63) is 0 Å². The largest absolute Gasteiger partial charge is 0.480 e. The fourth-order valence-corrected chi connectivity index (χ4v) is 2.01. The number of carboxylic acid groups (broad SMARTS) is 1. The number of urea groups is 1. The predicted molar refractivity (Wildman–Crippen MR) is 73.3 cm³/mol. The van der Waals surface area contributed by atoms with Gasteiger partial charge in [0.25, 0.3) is 5.91 Å². The van der Waals surface area contributed by atoms with Crippen LogP contribution in [0.1, 0.15) is 34.1 Å². The fraction of sp³-hybridized carbons (Fsp3) is 0.692. The standard InChI is InChI=1S/C13H21N3O5/c1-5-13(4)11(20)16(12(21)15-13)6-8(17)14-9(7(2)3)10(18)19/h7,9H,5-6H2,1-4H3,(H,14,17)(H,15,21)(H,18,19)/t9-,13?/m0/s1. The molecule has 8 heteroatoms. The molecule has 0 radical (unpaired) electrons. The van der Waals surface area contributed by atoms with Gasteiger partial charge in [-0.2, -0.15) is 0 Å². The smallest absolute Gasteiger partial charge is 0.326 e. The van der Waals surface area contributed by atoms with Crippen molar-refractivity contribution in [3.63, 3.8) is 0 Å². The lowest BCUT2D eigenvalue weighted by Gasteiger charge is -2.21. The molecule has 1 rings (SSSR count). The van der Waals surface area contributed by atoms with Crippen LogP contribution in [0.4, 0.5) is 4.79 Å². The Balaban J connectivity index is 2.73. The minimum atomic E-state index is -1.16. The van der Waals surface area contributed by atoms with Gasteiger partial charge in [-0.05, 0) is 19.3 Å². The van der Waals surface area contributed by atoms with Gasteiger partial charge in [0.15, 0.2) is 0 Å². The molecule has 2 atom stereocenters. The lowest BCUT2D eigenvalue weighted by molar-refractivity contribution is -0.143. The number of imide groups is 1. The number of amides is 4. The van der Waals surface area contributed by atoms with Crippen LogP contribution in [0.5, 0.6) is 0 Å². The SMILES string of the molecule is CCC1(C)NC(=O)N(CC(=O)N[C@H](C(=O)O)C(C)C)C1=O. The summed E-state index contributed by atoms with van der Waals surface area (Å²) in [6.45, 7) is 6.15. The summed E-state index contributed by atoms with van der Waals surface area (Å²) in [5, 5.41) is 13.8. The highest BCUT2D eigenvalue weighted by molar-refractivity contribution is 6.08. The van der Waals surface area contributed by atoms with E-state index in [4.69, 9.17) is 5.11 Å². The van der Waals surface area contributed by atoms with Gasteiger partial charge < -0.3 is 15.7 Å². The van der Waals surface area contributed by atoms with Gasteiger partial charge >= 0.3 is 12.0 Å². The number of rotatable bonds is 6. The van der Waals surface area contributed by atoms with Crippen molar-refractivity contribution in [1.82, 2.24) is 15.5 Å². The Morgan fingerprint density at radius 2 is 1.95 bits per heavy atom. The number of hydrogen-bond acceptors (Lipinski definition) is 4. The zero-order valence-corrected chi connectivity index (χ0v) is 12.6. The van der Waals surface area contributed by atoms with Gasteiger partial charge in [0.2, 0.25) is 5.91 Å². The van der Waals surface area contributed by atoms with Crippen LogP contribution < -0.4 is 10.6 Å². The molecule has 21 heavy (non-hydrogen) atoms. The zero-order valence-electron chi connectivity index (χ0n) is 12.6. The Kier molecular flexibility index (Phi) is 4.93. The second kappa shape index (κ2) is 6.11. The topological polar surface area (TPSA) is 116 Å². The van der Waals surface area contributed by atoms with Crippen molar-refractivity contribution in [3.8, 4) is 0 Å². The summed E-state index contributed by atoms with van der Waals surface area (Å²) >= 11 is 0. The van der Waals surface area contributed by atoms with E-state index in [-0.39, 0.29) is 5.92 Å². The van der Waals surface area contributed by atoms with E-state index in [1.807, 2.05) is 0 Å². The first-order valence-electron chi connectivity index (χ1n) is 6.78. The summed E-state index contributed by atoms with van der Waals surface area (Å²) < 4.78 is 0. The number of hydrogen-bond donors (Lipinski definition) is 3. The maximum atomic E-state index is 12.1. The molecule has 4 amide bonds. The second-order valence-electron chi connectivity index (χ2n) is 5.63. The van der Waals surface area contributed by atoms with Gasteiger partial charge in [-0.3, -0.25) is 14.5 Å². The minimum absolute atomic E-state index is 0.310. The van der Waals surface area contributed by atoms with Crippen molar-refractivity contribution >= 4 is 23.8 Å². The molecule has 1 fully saturated rings. The van der Waals surface area contributed by atoms with Crippen LogP contribution in [0.25, 0.3) is 0 Å². The number of carbonyl (C=O) groups excluding carboxylic acids is 3. The molecule has 0 aliphatic carbocycles. The van der Waals surface area contributed by atoms with Crippen molar-refractivity contribution in [2.45, 2.75) is 45.7 Å². The van der Waals surface area contributed by atoms with Gasteiger partial charge in [0, 0.05) is 0 Å². The van der Waals surface area contributed by atoms with E-state index in [2.05, 4.69) is 10.6 Å². The Morgan fingerprint density at radius 1 is 1.38 bits per heavy atom. The molecular formula is C13H21N3O5. The van der Waals surface area contributed by atoms with E-state index < -0.39 is 41.9 Å². The molecule has 0 aromatic rings. The predicted octanol–water partition coefficient (Wildman–Crippen LogP) is -0.0677. The molecule has 0 bridgehead atoms. The zero-order chi connectivity index (χ0) is 16.4. The molecule has 1 heterocycles. The number of aliphatic carboxylic acids is 1. The highest BCUT2D eigenvalue weighted by Crippen LogP contribution is 2.20. The van der Waals surface area contributed by atoms with Crippen LogP contribution in [-0.2, 0) is 14.4 Å². The van der Waals surface area contributed by atoms with E-state index in [1.165, 1.54) is 0 Å². The van der Waals surface area contributed by atoms with Crippen LogP contribution >= 0.6 is 0 Å². The Hall–Kier alpha value is -2.12. The quantitative estimate of drug-likeness (QED) is 0.594. The number of nitrogens with zero attached hydrogens (tertiary/aromatic N) is 1. The Labute approximate surface area is 122 Å². The van der Waals surface area contributed by atoms with E-state index in [1.54, 1.807) is 27.7 Å². The van der Waals surface area contributed by atoms with Gasteiger partial charge in [-0.1, -0.05) is 20.8 Å². The molecule has 118 valence electrons. The first-order chi connectivity index (χ1) is 9.62. The van der Waals surface area contributed by atoms with Gasteiger partial charge in [0.1, 0.15) is 18.1 Å². The van der Waals surface area contributed by atoms with Crippen molar-refractivity contribution in [2.75, 3.05) is 6.54 Å². The summed E-state index contributed by atoms with van der Waals surface area (Å²) in [5.41, 5.74) is -1.01. The lowest BCUT2D eigenvalue weighted by atomic mass is 9.99. The van der Waals surface area contributed by atoms with E-state index in [0.29, 0.717) is 6.42 Å². The van der Waals surface area contributed by atoms with Crippen LogP contribution in [0, 0.1) is 5.92 Å². The Morgan fingerprint density at radius 3 is 2.33 bits per heavy atom. The van der Waals surface area contributed by atoms with Crippen molar-refractivity contribution in [1.29, 1.82) is 0 Å². The molecule has 0 saturated carbocycles. The summed E-state index contributed by atoms with van der Waals surface area (Å²) in [7, 11) is 0. The molecule has 0 aromatic carbocycles. The average Bonchev–Trinajstić information content (AvgIpc) is 2.59. The number of carboxylic acids is 1. The average molecular weight is 299 g/mol. The van der Waals surface area contributed by atoms with Gasteiger partial charge in [-0.15, -0.1) is 0 Å². The van der Waals surface area contributed by atoms with E-state index in [0.717, 1.165) is 4.90 Å². The van der Waals surface area contributed by atoms with E-state index in [9.17, 15) is 19.2 Å². The molecule has 1 unspecified atom stereocenters. The third-order valence-corrected chi connectivity index (χ3v) is 3.60. The molecule has 1 saturated heterocycles. The Bertz CT molecular complexity index is 476. The highest BCUT2D eigenvalue weighted by atomic mass is 16.4. The first kappa shape index (κ1) is 16.9. The second-order valence-corrected chi connectivity index (χ2v) is 5.63. The summed E-state index contributed by atoms with van der Waals surface area (Å²) in [4.78, 5) is 47.5. The van der Waals surface area contributed by atoms with Crippen LogP contribution in [0.3, 0.4) is 0 Å². The van der Waals surface area contributed by atoms with Gasteiger partial charge in [-0.25, -0.2) is 9.59 Å². The van der Waals surface area contributed by atoms with E-state index >= 15 is 0 Å². The molecule has 0 spiro atoms.